The summed E-state index contributed by atoms with van der Waals surface area (Å²) in [5.74, 6) is -0.113. The predicted molar refractivity (Wildman–Crippen MR) is 97.9 cm³/mol. The smallest absolute Gasteiger partial charge is 0.263 e. The summed E-state index contributed by atoms with van der Waals surface area (Å²) in [6, 6.07) is 10.5. The van der Waals surface area contributed by atoms with Gasteiger partial charge in [0, 0.05) is 16.6 Å². The third kappa shape index (κ3) is 2.49. The Hall–Kier alpha value is -1.89. The number of benzene rings is 1. The molecule has 3 aromatic rings. The number of amides is 1. The van der Waals surface area contributed by atoms with Crippen LogP contribution in [0.3, 0.4) is 0 Å². The van der Waals surface area contributed by atoms with Crippen molar-refractivity contribution in [2.75, 3.05) is 0 Å². The van der Waals surface area contributed by atoms with Gasteiger partial charge in [0.2, 0.25) is 0 Å². The van der Waals surface area contributed by atoms with Crippen molar-refractivity contribution in [1.82, 2.24) is 10.3 Å². The SMILES string of the molecule is O=C1NC(=S)SC1=Cc1cc(-c2ccc3cc[nH]c3c2)cs1. The summed E-state index contributed by atoms with van der Waals surface area (Å²) >= 11 is 7.93. The van der Waals surface area contributed by atoms with Crippen molar-refractivity contribution < 1.29 is 4.79 Å². The molecule has 22 heavy (non-hydrogen) atoms. The van der Waals surface area contributed by atoms with Crippen LogP contribution in [0.5, 0.6) is 0 Å². The molecule has 0 unspecified atom stereocenters. The molecule has 0 saturated carbocycles. The molecule has 0 spiro atoms. The van der Waals surface area contributed by atoms with Gasteiger partial charge in [-0.1, -0.05) is 36.1 Å². The van der Waals surface area contributed by atoms with Crippen LogP contribution in [-0.2, 0) is 4.79 Å². The number of carbonyl (C=O) groups is 1. The molecule has 0 atom stereocenters. The van der Waals surface area contributed by atoms with E-state index in [1.54, 1.807) is 11.3 Å². The zero-order valence-corrected chi connectivity index (χ0v) is 13.7. The number of aromatic nitrogens is 1. The average molecular weight is 342 g/mol. The van der Waals surface area contributed by atoms with E-state index in [-0.39, 0.29) is 5.91 Å². The predicted octanol–water partition coefficient (Wildman–Crippen LogP) is 4.39. The summed E-state index contributed by atoms with van der Waals surface area (Å²) in [7, 11) is 0. The van der Waals surface area contributed by atoms with Crippen molar-refractivity contribution in [3.63, 3.8) is 0 Å². The summed E-state index contributed by atoms with van der Waals surface area (Å²) in [6.45, 7) is 0. The van der Waals surface area contributed by atoms with E-state index in [0.29, 0.717) is 9.23 Å². The number of thiophene rings is 1. The van der Waals surface area contributed by atoms with Crippen LogP contribution in [0.15, 0.2) is 46.8 Å². The molecule has 4 rings (SSSR count). The number of carbonyl (C=O) groups excluding carboxylic acids is 1. The Morgan fingerprint density at radius 2 is 2.05 bits per heavy atom. The highest BCUT2D eigenvalue weighted by Gasteiger charge is 2.22. The van der Waals surface area contributed by atoms with Crippen LogP contribution in [-0.4, -0.2) is 15.2 Å². The summed E-state index contributed by atoms with van der Waals surface area (Å²) in [5, 5.41) is 5.94. The van der Waals surface area contributed by atoms with Gasteiger partial charge in [0.05, 0.1) is 4.91 Å². The Morgan fingerprint density at radius 3 is 2.86 bits per heavy atom. The van der Waals surface area contributed by atoms with E-state index >= 15 is 0 Å². The number of fused-ring (bicyclic) bond motifs is 1. The number of hydrogen-bond donors (Lipinski definition) is 2. The van der Waals surface area contributed by atoms with E-state index < -0.39 is 0 Å². The molecule has 0 radical (unpaired) electrons. The molecule has 1 aromatic carbocycles. The van der Waals surface area contributed by atoms with Crippen molar-refractivity contribution in [2.45, 2.75) is 0 Å². The Labute approximate surface area is 140 Å². The van der Waals surface area contributed by atoms with Crippen LogP contribution in [0, 0.1) is 0 Å². The standard InChI is InChI=1S/C16H10N2OS3/c19-15-14(22-16(20)18-15)7-12-5-11(8-21-12)10-2-1-9-3-4-17-13(9)6-10/h1-8,17H,(H,18,19,20). The first-order valence-corrected chi connectivity index (χ1v) is 8.70. The van der Waals surface area contributed by atoms with Crippen molar-refractivity contribution in [3.8, 4) is 11.1 Å². The van der Waals surface area contributed by atoms with E-state index in [1.807, 2.05) is 12.3 Å². The number of H-pyrrole nitrogens is 1. The number of hydrogen-bond acceptors (Lipinski definition) is 4. The molecule has 2 aromatic heterocycles. The summed E-state index contributed by atoms with van der Waals surface area (Å²) < 4.78 is 0.519. The molecule has 0 bridgehead atoms. The molecular formula is C16H10N2OS3. The maximum atomic E-state index is 11.7. The van der Waals surface area contributed by atoms with Crippen LogP contribution < -0.4 is 5.32 Å². The van der Waals surface area contributed by atoms with E-state index in [1.165, 1.54) is 17.1 Å². The van der Waals surface area contributed by atoms with Crippen molar-refractivity contribution in [3.05, 3.63) is 51.7 Å². The number of nitrogens with one attached hydrogen (secondary N) is 2. The third-order valence-corrected chi connectivity index (χ3v) is 5.47. The minimum atomic E-state index is -0.113. The van der Waals surface area contributed by atoms with Crippen LogP contribution in [0.1, 0.15) is 4.88 Å². The quantitative estimate of drug-likeness (QED) is 0.536. The van der Waals surface area contributed by atoms with E-state index in [2.05, 4.69) is 46.0 Å². The first kappa shape index (κ1) is 13.8. The summed E-state index contributed by atoms with van der Waals surface area (Å²) in [6.07, 6.45) is 3.83. The van der Waals surface area contributed by atoms with Crippen LogP contribution in [0.25, 0.3) is 28.1 Å². The average Bonchev–Trinajstić information content (AvgIpc) is 3.19. The van der Waals surface area contributed by atoms with Gasteiger partial charge in [-0.2, -0.15) is 0 Å². The molecule has 1 fully saturated rings. The fraction of sp³-hybridized carbons (Fsp3) is 0. The van der Waals surface area contributed by atoms with E-state index in [4.69, 9.17) is 12.2 Å². The van der Waals surface area contributed by atoms with Crippen molar-refractivity contribution in [2.24, 2.45) is 0 Å². The fourth-order valence-corrected chi connectivity index (χ4v) is 4.32. The second-order valence-corrected chi connectivity index (χ2v) is 7.53. The monoisotopic (exact) mass is 342 g/mol. The van der Waals surface area contributed by atoms with Gasteiger partial charge in [0.1, 0.15) is 4.32 Å². The lowest BCUT2D eigenvalue weighted by molar-refractivity contribution is -0.115. The molecule has 3 heterocycles. The molecule has 2 N–H and O–H groups in total. The highest BCUT2D eigenvalue weighted by atomic mass is 32.2. The third-order valence-electron chi connectivity index (χ3n) is 3.42. The Kier molecular flexibility index (Phi) is 3.37. The lowest BCUT2D eigenvalue weighted by atomic mass is 10.1. The lowest BCUT2D eigenvalue weighted by Crippen LogP contribution is -2.17. The van der Waals surface area contributed by atoms with Crippen LogP contribution in [0.2, 0.25) is 0 Å². The summed E-state index contributed by atoms with van der Waals surface area (Å²) in [4.78, 5) is 16.6. The highest BCUT2D eigenvalue weighted by Crippen LogP contribution is 2.32. The molecule has 3 nitrogen and oxygen atoms in total. The highest BCUT2D eigenvalue weighted by molar-refractivity contribution is 8.26. The maximum Gasteiger partial charge on any atom is 0.263 e. The van der Waals surface area contributed by atoms with Crippen molar-refractivity contribution >= 4 is 62.5 Å². The zero-order valence-electron chi connectivity index (χ0n) is 11.3. The Balaban J connectivity index is 1.67. The van der Waals surface area contributed by atoms with Gasteiger partial charge in [0.25, 0.3) is 5.91 Å². The Morgan fingerprint density at radius 1 is 1.14 bits per heavy atom. The minimum Gasteiger partial charge on any atom is -0.361 e. The maximum absolute atomic E-state index is 11.7. The van der Waals surface area contributed by atoms with Crippen LogP contribution >= 0.6 is 35.3 Å². The molecule has 6 heteroatoms. The molecule has 1 aliphatic heterocycles. The molecule has 108 valence electrons. The van der Waals surface area contributed by atoms with E-state index in [0.717, 1.165) is 21.5 Å². The fourth-order valence-electron chi connectivity index (χ4n) is 2.36. The van der Waals surface area contributed by atoms with Gasteiger partial charge in [-0.3, -0.25) is 4.79 Å². The number of aromatic amines is 1. The van der Waals surface area contributed by atoms with Gasteiger partial charge in [-0.25, -0.2) is 0 Å². The second-order valence-electron chi connectivity index (χ2n) is 4.87. The van der Waals surface area contributed by atoms with Gasteiger partial charge in [0.15, 0.2) is 0 Å². The molecule has 0 aliphatic carbocycles. The number of thioether (sulfide) groups is 1. The number of rotatable bonds is 2. The largest absolute Gasteiger partial charge is 0.361 e. The molecule has 1 amide bonds. The van der Waals surface area contributed by atoms with Gasteiger partial charge in [-0.05, 0) is 46.2 Å². The zero-order chi connectivity index (χ0) is 15.1. The van der Waals surface area contributed by atoms with Gasteiger partial charge < -0.3 is 10.3 Å². The second kappa shape index (κ2) is 5.39. The molecule has 1 aliphatic rings. The molecule has 1 saturated heterocycles. The number of thiocarbonyl (C=S) groups is 1. The minimum absolute atomic E-state index is 0.113. The first-order chi connectivity index (χ1) is 10.7. The van der Waals surface area contributed by atoms with Crippen molar-refractivity contribution in [1.29, 1.82) is 0 Å². The van der Waals surface area contributed by atoms with E-state index in [9.17, 15) is 4.79 Å². The molecular weight excluding hydrogens is 332 g/mol. The summed E-state index contributed by atoms with van der Waals surface area (Å²) in [5.41, 5.74) is 3.44. The lowest BCUT2D eigenvalue weighted by Gasteiger charge is -1.98. The van der Waals surface area contributed by atoms with Crippen LogP contribution in [0.4, 0.5) is 0 Å². The van der Waals surface area contributed by atoms with Gasteiger partial charge >= 0.3 is 0 Å². The Bertz CT molecular complexity index is 936. The van der Waals surface area contributed by atoms with Gasteiger partial charge in [-0.15, -0.1) is 11.3 Å². The topological polar surface area (TPSA) is 44.9 Å². The normalized spacial score (nSPS) is 16.6. The first-order valence-electron chi connectivity index (χ1n) is 6.60.